The molecule has 7 nitrogen and oxygen atoms in total. The molecule has 0 fully saturated rings. The standard InChI is InChI=1S/C16H13ClN6O/c1-21(2)22-8-7-13-14(16(22)24)19-20-15-12(9-18-23(13)15)10-3-5-11(17)6-4-10/h3-9H,1-2H3. The second kappa shape index (κ2) is 5.31. The van der Waals surface area contributed by atoms with E-state index in [0.29, 0.717) is 16.2 Å². The number of halogens is 1. The summed E-state index contributed by atoms with van der Waals surface area (Å²) in [6.07, 6.45) is 3.40. The molecule has 0 N–H and O–H groups in total. The Kier molecular flexibility index (Phi) is 3.24. The molecular weight excluding hydrogens is 328 g/mol. The molecule has 0 saturated carbocycles. The maximum Gasteiger partial charge on any atom is 0.298 e. The van der Waals surface area contributed by atoms with E-state index in [0.717, 1.165) is 11.1 Å². The summed E-state index contributed by atoms with van der Waals surface area (Å²) in [6, 6.07) is 9.22. The Morgan fingerprint density at radius 3 is 2.54 bits per heavy atom. The lowest BCUT2D eigenvalue weighted by Gasteiger charge is -2.15. The molecule has 1 aromatic carbocycles. The van der Waals surface area contributed by atoms with E-state index in [2.05, 4.69) is 15.3 Å². The third-order valence-corrected chi connectivity index (χ3v) is 4.08. The van der Waals surface area contributed by atoms with Crippen LogP contribution in [0.25, 0.3) is 27.8 Å². The van der Waals surface area contributed by atoms with Gasteiger partial charge in [0.1, 0.15) is 5.52 Å². The van der Waals surface area contributed by atoms with Crippen LogP contribution in [-0.4, -0.2) is 38.6 Å². The van der Waals surface area contributed by atoms with Gasteiger partial charge in [0.2, 0.25) is 0 Å². The average Bonchev–Trinajstić information content (AvgIpc) is 3.00. The highest BCUT2D eigenvalue weighted by Gasteiger charge is 2.14. The molecule has 0 atom stereocenters. The van der Waals surface area contributed by atoms with Gasteiger partial charge in [-0.3, -0.25) is 4.79 Å². The molecule has 3 heterocycles. The van der Waals surface area contributed by atoms with E-state index >= 15 is 0 Å². The molecule has 0 bridgehead atoms. The van der Waals surface area contributed by atoms with Crippen LogP contribution in [0.15, 0.2) is 47.5 Å². The number of aromatic nitrogens is 5. The molecule has 0 aliphatic heterocycles. The third kappa shape index (κ3) is 2.13. The van der Waals surface area contributed by atoms with E-state index in [1.807, 2.05) is 24.3 Å². The smallest absolute Gasteiger partial charge is 0.298 e. The Bertz CT molecular complexity index is 1110. The van der Waals surface area contributed by atoms with Gasteiger partial charge >= 0.3 is 0 Å². The monoisotopic (exact) mass is 340 g/mol. The first-order valence-corrected chi connectivity index (χ1v) is 7.63. The molecule has 0 unspecified atom stereocenters. The summed E-state index contributed by atoms with van der Waals surface area (Å²) in [4.78, 5) is 12.5. The van der Waals surface area contributed by atoms with Gasteiger partial charge < -0.3 is 5.01 Å². The minimum Gasteiger partial charge on any atom is -0.316 e. The first-order chi connectivity index (χ1) is 11.6. The summed E-state index contributed by atoms with van der Waals surface area (Å²) < 4.78 is 3.10. The van der Waals surface area contributed by atoms with Gasteiger partial charge in [0.25, 0.3) is 5.56 Å². The van der Waals surface area contributed by atoms with Crippen molar-refractivity contribution in [3.05, 3.63) is 58.1 Å². The normalized spacial score (nSPS) is 11.3. The van der Waals surface area contributed by atoms with E-state index in [9.17, 15) is 4.79 Å². The van der Waals surface area contributed by atoms with Crippen LogP contribution in [-0.2, 0) is 0 Å². The second-order valence-electron chi connectivity index (χ2n) is 5.55. The number of hydrogen-bond acceptors (Lipinski definition) is 5. The van der Waals surface area contributed by atoms with Crippen molar-refractivity contribution in [3.63, 3.8) is 0 Å². The van der Waals surface area contributed by atoms with E-state index in [-0.39, 0.29) is 11.1 Å². The maximum atomic E-state index is 12.5. The highest BCUT2D eigenvalue weighted by molar-refractivity contribution is 6.30. The Hall–Kier alpha value is -2.93. The molecule has 8 heteroatoms. The Balaban J connectivity index is 1.99. The van der Waals surface area contributed by atoms with Gasteiger partial charge in [-0.2, -0.15) is 5.10 Å². The number of nitrogens with zero attached hydrogens (tertiary/aromatic N) is 6. The van der Waals surface area contributed by atoms with Crippen LogP contribution in [0.4, 0.5) is 0 Å². The largest absolute Gasteiger partial charge is 0.316 e. The fraction of sp³-hybridized carbons (Fsp3) is 0.125. The van der Waals surface area contributed by atoms with Crippen LogP contribution >= 0.6 is 11.6 Å². The van der Waals surface area contributed by atoms with Crippen molar-refractivity contribution in [1.29, 1.82) is 0 Å². The molecule has 24 heavy (non-hydrogen) atoms. The van der Waals surface area contributed by atoms with E-state index < -0.39 is 0 Å². The van der Waals surface area contributed by atoms with Crippen LogP contribution in [0.2, 0.25) is 5.02 Å². The molecule has 0 aliphatic rings. The van der Waals surface area contributed by atoms with Crippen molar-refractivity contribution in [1.82, 2.24) is 24.5 Å². The van der Waals surface area contributed by atoms with Crippen molar-refractivity contribution in [2.45, 2.75) is 0 Å². The summed E-state index contributed by atoms with van der Waals surface area (Å²) in [5.41, 5.74) is 3.00. The lowest BCUT2D eigenvalue weighted by molar-refractivity contribution is 0.702. The molecule has 4 aromatic rings. The Morgan fingerprint density at radius 2 is 1.83 bits per heavy atom. The quantitative estimate of drug-likeness (QED) is 0.558. The van der Waals surface area contributed by atoms with Crippen LogP contribution in [0.5, 0.6) is 0 Å². The minimum absolute atomic E-state index is 0.240. The SMILES string of the molecule is CN(C)n1ccc2c(nnc3c(-c4ccc(Cl)cc4)cnn32)c1=O. The molecule has 120 valence electrons. The van der Waals surface area contributed by atoms with E-state index in [1.54, 1.807) is 42.1 Å². The van der Waals surface area contributed by atoms with Gasteiger partial charge in [-0.25, -0.2) is 9.19 Å². The van der Waals surface area contributed by atoms with Gasteiger partial charge in [0.05, 0.1) is 6.20 Å². The molecular formula is C16H13ClN6O. The predicted molar refractivity (Wildman–Crippen MR) is 93.1 cm³/mol. The average molecular weight is 341 g/mol. The lowest BCUT2D eigenvalue weighted by Crippen LogP contribution is -2.36. The molecule has 0 amide bonds. The third-order valence-electron chi connectivity index (χ3n) is 3.83. The van der Waals surface area contributed by atoms with Gasteiger partial charge in [-0.05, 0) is 23.8 Å². The number of fused-ring (bicyclic) bond motifs is 3. The van der Waals surface area contributed by atoms with Crippen LogP contribution in [0.3, 0.4) is 0 Å². The van der Waals surface area contributed by atoms with Crippen molar-refractivity contribution in [3.8, 4) is 11.1 Å². The molecule has 0 saturated heterocycles. The van der Waals surface area contributed by atoms with Gasteiger partial charge in [-0.1, -0.05) is 23.7 Å². The fourth-order valence-corrected chi connectivity index (χ4v) is 2.76. The van der Waals surface area contributed by atoms with Gasteiger partial charge in [0.15, 0.2) is 11.2 Å². The van der Waals surface area contributed by atoms with Crippen LogP contribution < -0.4 is 10.6 Å². The highest BCUT2D eigenvalue weighted by Crippen LogP contribution is 2.25. The first kappa shape index (κ1) is 14.6. The van der Waals surface area contributed by atoms with E-state index in [1.165, 1.54) is 4.68 Å². The van der Waals surface area contributed by atoms with Crippen molar-refractivity contribution < 1.29 is 0 Å². The maximum absolute atomic E-state index is 12.5. The molecule has 0 radical (unpaired) electrons. The van der Waals surface area contributed by atoms with Crippen molar-refractivity contribution >= 4 is 28.3 Å². The van der Waals surface area contributed by atoms with Crippen LogP contribution in [0, 0.1) is 0 Å². The number of rotatable bonds is 2. The summed E-state index contributed by atoms with van der Waals surface area (Å²) in [6.45, 7) is 0. The zero-order chi connectivity index (χ0) is 16.8. The summed E-state index contributed by atoms with van der Waals surface area (Å²) in [5, 5.41) is 15.1. The zero-order valence-corrected chi connectivity index (χ0v) is 13.8. The zero-order valence-electron chi connectivity index (χ0n) is 13.0. The topological polar surface area (TPSA) is 68.3 Å². The number of pyridine rings is 1. The summed E-state index contributed by atoms with van der Waals surface area (Å²) >= 11 is 5.94. The summed E-state index contributed by atoms with van der Waals surface area (Å²) in [5.74, 6) is 0. The predicted octanol–water partition coefficient (Wildman–Crippen LogP) is 1.96. The second-order valence-corrected chi connectivity index (χ2v) is 5.98. The number of benzene rings is 1. The number of hydrogen-bond donors (Lipinski definition) is 0. The fourth-order valence-electron chi connectivity index (χ4n) is 2.63. The molecule has 0 spiro atoms. The Labute approximate surface area is 141 Å². The van der Waals surface area contributed by atoms with Crippen molar-refractivity contribution in [2.75, 3.05) is 19.1 Å². The van der Waals surface area contributed by atoms with Gasteiger partial charge in [0, 0.05) is 30.9 Å². The highest BCUT2D eigenvalue weighted by atomic mass is 35.5. The summed E-state index contributed by atoms with van der Waals surface area (Å²) in [7, 11) is 3.57. The first-order valence-electron chi connectivity index (χ1n) is 7.25. The molecule has 0 aliphatic carbocycles. The van der Waals surface area contributed by atoms with Gasteiger partial charge in [-0.15, -0.1) is 10.2 Å². The molecule has 4 rings (SSSR count). The van der Waals surface area contributed by atoms with Crippen molar-refractivity contribution in [2.24, 2.45) is 0 Å². The Morgan fingerprint density at radius 1 is 1.08 bits per heavy atom. The van der Waals surface area contributed by atoms with Crippen LogP contribution in [0.1, 0.15) is 0 Å². The lowest BCUT2D eigenvalue weighted by atomic mass is 10.1. The van der Waals surface area contributed by atoms with E-state index in [4.69, 9.17) is 11.6 Å². The minimum atomic E-state index is -0.240. The molecule has 3 aromatic heterocycles.